The molecule has 1 aliphatic rings. The Labute approximate surface area is 117 Å². The van der Waals surface area contributed by atoms with E-state index in [1.807, 2.05) is 12.1 Å². The SMILES string of the molecule is OCC1CCCCC1CNc1snc2ccccc12. The molecule has 4 heteroatoms. The highest BCUT2D eigenvalue weighted by atomic mass is 32.1. The summed E-state index contributed by atoms with van der Waals surface area (Å²) in [7, 11) is 0. The molecule has 1 aromatic carbocycles. The van der Waals surface area contributed by atoms with Gasteiger partial charge in [-0.25, -0.2) is 0 Å². The maximum Gasteiger partial charge on any atom is 0.117 e. The molecule has 2 aromatic rings. The van der Waals surface area contributed by atoms with Gasteiger partial charge in [-0.3, -0.25) is 0 Å². The monoisotopic (exact) mass is 276 g/mol. The van der Waals surface area contributed by atoms with E-state index < -0.39 is 0 Å². The van der Waals surface area contributed by atoms with Crippen LogP contribution in [0.25, 0.3) is 10.9 Å². The van der Waals surface area contributed by atoms with Crippen molar-refractivity contribution in [2.75, 3.05) is 18.5 Å². The van der Waals surface area contributed by atoms with Gasteiger partial charge in [-0.1, -0.05) is 25.0 Å². The minimum Gasteiger partial charge on any atom is -0.396 e. The van der Waals surface area contributed by atoms with Gasteiger partial charge in [-0.15, -0.1) is 0 Å². The molecule has 0 bridgehead atoms. The molecular weight excluding hydrogens is 256 g/mol. The zero-order chi connectivity index (χ0) is 13.1. The minimum absolute atomic E-state index is 0.329. The molecule has 1 aromatic heterocycles. The Bertz CT molecular complexity index is 540. The first-order valence-electron chi connectivity index (χ1n) is 7.07. The summed E-state index contributed by atoms with van der Waals surface area (Å²) in [6.45, 7) is 1.28. The lowest BCUT2D eigenvalue weighted by molar-refractivity contribution is 0.141. The molecule has 102 valence electrons. The van der Waals surface area contributed by atoms with E-state index in [1.54, 1.807) is 0 Å². The normalized spacial score (nSPS) is 23.6. The quantitative estimate of drug-likeness (QED) is 0.898. The Morgan fingerprint density at radius 3 is 2.84 bits per heavy atom. The van der Waals surface area contributed by atoms with Crippen molar-refractivity contribution in [1.82, 2.24) is 4.37 Å². The van der Waals surface area contributed by atoms with Crippen molar-refractivity contribution in [3.05, 3.63) is 24.3 Å². The second kappa shape index (κ2) is 5.88. The van der Waals surface area contributed by atoms with Gasteiger partial charge in [0.25, 0.3) is 0 Å². The Balaban J connectivity index is 1.68. The number of hydrogen-bond acceptors (Lipinski definition) is 4. The highest BCUT2D eigenvalue weighted by Crippen LogP contribution is 2.32. The number of anilines is 1. The van der Waals surface area contributed by atoms with Crippen molar-refractivity contribution in [3.8, 4) is 0 Å². The highest BCUT2D eigenvalue weighted by molar-refractivity contribution is 7.11. The largest absolute Gasteiger partial charge is 0.396 e. The van der Waals surface area contributed by atoms with Gasteiger partial charge in [0.15, 0.2) is 0 Å². The molecule has 0 radical (unpaired) electrons. The summed E-state index contributed by atoms with van der Waals surface area (Å²) < 4.78 is 4.45. The second-order valence-corrected chi connectivity index (χ2v) is 6.17. The van der Waals surface area contributed by atoms with Gasteiger partial charge in [0.1, 0.15) is 5.00 Å². The average Bonchev–Trinajstić information content (AvgIpc) is 2.89. The van der Waals surface area contributed by atoms with Crippen LogP contribution < -0.4 is 5.32 Å². The summed E-state index contributed by atoms with van der Waals surface area (Å²) in [6.07, 6.45) is 4.97. The fourth-order valence-corrected chi connectivity index (χ4v) is 3.80. The molecule has 1 heterocycles. The number of nitrogens with one attached hydrogen (secondary N) is 1. The van der Waals surface area contributed by atoms with Gasteiger partial charge in [0.05, 0.1) is 5.52 Å². The van der Waals surface area contributed by atoms with Gasteiger partial charge >= 0.3 is 0 Å². The predicted octanol–water partition coefficient (Wildman–Crippen LogP) is 3.51. The number of fused-ring (bicyclic) bond motifs is 1. The van der Waals surface area contributed by atoms with Crippen LogP contribution in [0, 0.1) is 11.8 Å². The smallest absolute Gasteiger partial charge is 0.117 e. The topological polar surface area (TPSA) is 45.1 Å². The van der Waals surface area contributed by atoms with Gasteiger partial charge in [0, 0.05) is 18.5 Å². The summed E-state index contributed by atoms with van der Waals surface area (Å²) in [6, 6.07) is 8.24. The highest BCUT2D eigenvalue weighted by Gasteiger charge is 2.24. The summed E-state index contributed by atoms with van der Waals surface area (Å²) >= 11 is 1.54. The molecule has 19 heavy (non-hydrogen) atoms. The van der Waals surface area contributed by atoms with Crippen molar-refractivity contribution in [1.29, 1.82) is 0 Å². The van der Waals surface area contributed by atoms with Crippen LogP contribution in [0.2, 0.25) is 0 Å². The van der Waals surface area contributed by atoms with Crippen LogP contribution in [0.15, 0.2) is 24.3 Å². The summed E-state index contributed by atoms with van der Waals surface area (Å²) in [5, 5.41) is 15.4. The van der Waals surface area contributed by atoms with E-state index in [1.165, 1.54) is 42.6 Å². The Kier molecular flexibility index (Phi) is 3.99. The third kappa shape index (κ3) is 2.74. The second-order valence-electron chi connectivity index (χ2n) is 5.40. The molecule has 2 unspecified atom stereocenters. The van der Waals surface area contributed by atoms with Crippen molar-refractivity contribution in [2.24, 2.45) is 11.8 Å². The molecule has 1 fully saturated rings. The van der Waals surface area contributed by atoms with Gasteiger partial charge in [0.2, 0.25) is 0 Å². The number of nitrogens with zero attached hydrogens (tertiary/aromatic N) is 1. The first kappa shape index (κ1) is 12.9. The van der Waals surface area contributed by atoms with E-state index >= 15 is 0 Å². The zero-order valence-corrected chi connectivity index (χ0v) is 11.8. The third-order valence-electron chi connectivity index (χ3n) is 4.21. The average molecular weight is 276 g/mol. The van der Waals surface area contributed by atoms with E-state index in [0.29, 0.717) is 18.4 Å². The lowest BCUT2D eigenvalue weighted by Crippen LogP contribution is -2.28. The van der Waals surface area contributed by atoms with Crippen molar-refractivity contribution in [3.63, 3.8) is 0 Å². The molecule has 0 spiro atoms. The van der Waals surface area contributed by atoms with Gasteiger partial charge < -0.3 is 10.4 Å². The van der Waals surface area contributed by atoms with Crippen molar-refractivity contribution in [2.45, 2.75) is 25.7 Å². The van der Waals surface area contributed by atoms with Crippen LogP contribution in [-0.2, 0) is 0 Å². The first-order chi connectivity index (χ1) is 9.38. The maximum absolute atomic E-state index is 9.45. The molecule has 3 rings (SSSR count). The van der Waals surface area contributed by atoms with E-state index in [0.717, 1.165) is 17.1 Å². The molecule has 0 aliphatic heterocycles. The van der Waals surface area contributed by atoms with E-state index in [2.05, 4.69) is 21.8 Å². The molecule has 2 N–H and O–H groups in total. The zero-order valence-electron chi connectivity index (χ0n) is 11.0. The van der Waals surface area contributed by atoms with Crippen LogP contribution >= 0.6 is 11.5 Å². The Hall–Kier alpha value is -1.13. The van der Waals surface area contributed by atoms with Crippen LogP contribution in [-0.4, -0.2) is 22.6 Å². The fourth-order valence-electron chi connectivity index (χ4n) is 3.03. The number of aliphatic hydroxyl groups excluding tert-OH is 1. The molecule has 1 aliphatic carbocycles. The summed E-state index contributed by atoms with van der Waals surface area (Å²) in [4.78, 5) is 0. The predicted molar refractivity (Wildman–Crippen MR) is 80.6 cm³/mol. The standard InChI is InChI=1S/C15H20N2OS/c18-10-12-6-2-1-5-11(12)9-16-15-13-7-3-4-8-14(13)17-19-15/h3-4,7-8,11-12,16,18H,1-2,5-6,9-10H2. The first-order valence-corrected chi connectivity index (χ1v) is 7.85. The lowest BCUT2D eigenvalue weighted by atomic mass is 9.80. The van der Waals surface area contributed by atoms with Crippen molar-refractivity contribution < 1.29 is 5.11 Å². The fraction of sp³-hybridized carbons (Fsp3) is 0.533. The van der Waals surface area contributed by atoms with Crippen LogP contribution in [0.1, 0.15) is 25.7 Å². The number of aromatic nitrogens is 1. The van der Waals surface area contributed by atoms with E-state index in [9.17, 15) is 5.11 Å². The molecule has 0 amide bonds. The van der Waals surface area contributed by atoms with E-state index in [-0.39, 0.29) is 0 Å². The summed E-state index contributed by atoms with van der Waals surface area (Å²) in [5.74, 6) is 1.07. The number of rotatable bonds is 4. The van der Waals surface area contributed by atoms with E-state index in [4.69, 9.17) is 0 Å². The third-order valence-corrected chi connectivity index (χ3v) is 5.04. The lowest BCUT2D eigenvalue weighted by Gasteiger charge is -2.30. The molecule has 3 nitrogen and oxygen atoms in total. The number of benzene rings is 1. The number of aliphatic hydroxyl groups is 1. The molecule has 2 atom stereocenters. The molecule has 1 saturated carbocycles. The Morgan fingerprint density at radius 2 is 2.00 bits per heavy atom. The maximum atomic E-state index is 9.45. The van der Waals surface area contributed by atoms with Crippen LogP contribution in [0.3, 0.4) is 0 Å². The minimum atomic E-state index is 0.329. The van der Waals surface area contributed by atoms with Gasteiger partial charge in [-0.05, 0) is 48.3 Å². The van der Waals surface area contributed by atoms with Crippen molar-refractivity contribution >= 4 is 27.4 Å². The van der Waals surface area contributed by atoms with Crippen LogP contribution in [0.5, 0.6) is 0 Å². The summed E-state index contributed by atoms with van der Waals surface area (Å²) in [5.41, 5.74) is 1.07. The molecule has 0 saturated heterocycles. The number of hydrogen-bond donors (Lipinski definition) is 2. The molecular formula is C15H20N2OS. The Morgan fingerprint density at radius 1 is 1.21 bits per heavy atom. The van der Waals surface area contributed by atoms with Gasteiger partial charge in [-0.2, -0.15) is 4.37 Å². The van der Waals surface area contributed by atoms with Crippen LogP contribution in [0.4, 0.5) is 5.00 Å².